The van der Waals surface area contributed by atoms with Crippen LogP contribution < -0.4 is 10.2 Å². The molecule has 20 heavy (non-hydrogen) atoms. The molecule has 1 aromatic rings. The Hall–Kier alpha value is -1.84. The number of hydrogen-bond donors (Lipinski definition) is 1. The zero-order valence-electron chi connectivity index (χ0n) is 12.6. The fourth-order valence-corrected chi connectivity index (χ4v) is 2.45. The normalized spacial score (nSPS) is 19.4. The summed E-state index contributed by atoms with van der Waals surface area (Å²) in [6.45, 7) is 8.25. The minimum absolute atomic E-state index is 0.0125. The Morgan fingerprint density at radius 3 is 2.55 bits per heavy atom. The maximum Gasteiger partial charge on any atom is 0.250 e. The fourth-order valence-electron chi connectivity index (χ4n) is 2.45. The van der Waals surface area contributed by atoms with E-state index in [1.165, 1.54) is 5.56 Å². The molecule has 1 fully saturated rings. The first-order chi connectivity index (χ1) is 9.38. The molecule has 1 aliphatic rings. The summed E-state index contributed by atoms with van der Waals surface area (Å²) in [5.41, 5.74) is 3.12. The highest BCUT2D eigenvalue weighted by atomic mass is 16.2. The van der Waals surface area contributed by atoms with Gasteiger partial charge in [0.05, 0.1) is 0 Å². The summed E-state index contributed by atoms with van der Waals surface area (Å²) < 4.78 is 0. The van der Waals surface area contributed by atoms with Crippen molar-refractivity contribution in [1.82, 2.24) is 5.32 Å². The van der Waals surface area contributed by atoms with E-state index in [4.69, 9.17) is 0 Å². The van der Waals surface area contributed by atoms with E-state index in [0.29, 0.717) is 12.3 Å². The van der Waals surface area contributed by atoms with Crippen LogP contribution in [0.5, 0.6) is 0 Å². The molecule has 108 valence electrons. The highest BCUT2D eigenvalue weighted by molar-refractivity contribution is 6.06. The first kappa shape index (κ1) is 14.6. The predicted molar refractivity (Wildman–Crippen MR) is 79.7 cm³/mol. The number of nitrogens with one attached hydrogen (secondary N) is 1. The number of piperazine rings is 1. The van der Waals surface area contributed by atoms with Crippen molar-refractivity contribution < 1.29 is 9.59 Å². The molecule has 1 heterocycles. The molecule has 0 bridgehead atoms. The molecule has 1 N–H and O–H groups in total. The van der Waals surface area contributed by atoms with E-state index in [-0.39, 0.29) is 18.4 Å². The van der Waals surface area contributed by atoms with E-state index < -0.39 is 6.04 Å². The second-order valence-corrected chi connectivity index (χ2v) is 5.94. The molecular formula is C16H22N2O2. The predicted octanol–water partition coefficient (Wildman–Crippen LogP) is 2.18. The number of anilines is 1. The third-order valence-electron chi connectivity index (χ3n) is 3.71. The van der Waals surface area contributed by atoms with Gasteiger partial charge in [-0.05, 0) is 49.4 Å². The fraction of sp³-hybridized carbons (Fsp3) is 0.500. The van der Waals surface area contributed by atoms with Crippen LogP contribution in [0.1, 0.15) is 31.4 Å². The van der Waals surface area contributed by atoms with Crippen molar-refractivity contribution in [3.05, 3.63) is 29.3 Å². The summed E-state index contributed by atoms with van der Waals surface area (Å²) in [6.07, 6.45) is 0.673. The number of nitrogens with zero attached hydrogens (tertiary/aromatic N) is 1. The molecular weight excluding hydrogens is 252 g/mol. The molecule has 1 atom stereocenters. The SMILES string of the molecule is Cc1ccc(N2CC(=O)NC(CC(C)C)C2=O)cc1C. The zero-order chi connectivity index (χ0) is 14.9. The van der Waals surface area contributed by atoms with Crippen LogP contribution in [-0.2, 0) is 9.59 Å². The zero-order valence-corrected chi connectivity index (χ0v) is 12.6. The number of hydrogen-bond acceptors (Lipinski definition) is 2. The first-order valence-electron chi connectivity index (χ1n) is 7.06. The minimum atomic E-state index is -0.405. The number of rotatable bonds is 3. The molecule has 4 heteroatoms. The molecule has 0 aliphatic carbocycles. The lowest BCUT2D eigenvalue weighted by atomic mass is 10.00. The Balaban J connectivity index is 2.27. The maximum absolute atomic E-state index is 12.5. The third kappa shape index (κ3) is 3.00. The summed E-state index contributed by atoms with van der Waals surface area (Å²) in [6, 6.07) is 5.46. The van der Waals surface area contributed by atoms with Gasteiger partial charge < -0.3 is 10.2 Å². The average molecular weight is 274 g/mol. The lowest BCUT2D eigenvalue weighted by Gasteiger charge is -2.33. The molecule has 0 radical (unpaired) electrons. The summed E-state index contributed by atoms with van der Waals surface area (Å²) in [4.78, 5) is 25.9. The lowest BCUT2D eigenvalue weighted by molar-refractivity contribution is -0.131. The second kappa shape index (κ2) is 5.65. The lowest BCUT2D eigenvalue weighted by Crippen LogP contribution is -2.58. The number of benzene rings is 1. The van der Waals surface area contributed by atoms with Gasteiger partial charge in [0.15, 0.2) is 0 Å². The molecule has 1 aromatic carbocycles. The van der Waals surface area contributed by atoms with Gasteiger partial charge in [-0.3, -0.25) is 9.59 Å². The Bertz CT molecular complexity index is 537. The Kier molecular flexibility index (Phi) is 4.12. The van der Waals surface area contributed by atoms with Crippen LogP contribution in [0.3, 0.4) is 0 Å². The molecule has 1 unspecified atom stereocenters. The van der Waals surface area contributed by atoms with Gasteiger partial charge in [0.2, 0.25) is 11.8 Å². The maximum atomic E-state index is 12.5. The van der Waals surface area contributed by atoms with Crippen molar-refractivity contribution in [2.75, 3.05) is 11.4 Å². The molecule has 1 aliphatic heterocycles. The molecule has 1 saturated heterocycles. The largest absolute Gasteiger partial charge is 0.343 e. The highest BCUT2D eigenvalue weighted by Gasteiger charge is 2.33. The third-order valence-corrected chi connectivity index (χ3v) is 3.71. The van der Waals surface area contributed by atoms with Crippen LogP contribution in [-0.4, -0.2) is 24.4 Å². The van der Waals surface area contributed by atoms with E-state index in [2.05, 4.69) is 19.2 Å². The molecule has 0 saturated carbocycles. The minimum Gasteiger partial charge on any atom is -0.343 e. The van der Waals surface area contributed by atoms with Crippen molar-refractivity contribution in [2.45, 2.75) is 40.2 Å². The quantitative estimate of drug-likeness (QED) is 0.918. The van der Waals surface area contributed by atoms with Gasteiger partial charge in [0.25, 0.3) is 0 Å². The van der Waals surface area contributed by atoms with Crippen LogP contribution in [0.2, 0.25) is 0 Å². The number of amides is 2. The van der Waals surface area contributed by atoms with Gasteiger partial charge in [-0.15, -0.1) is 0 Å². The Labute approximate surface area is 120 Å². The van der Waals surface area contributed by atoms with Crippen LogP contribution in [0.25, 0.3) is 0 Å². The molecule has 0 aromatic heterocycles. The van der Waals surface area contributed by atoms with E-state index >= 15 is 0 Å². The summed E-state index contributed by atoms with van der Waals surface area (Å²) in [7, 11) is 0. The van der Waals surface area contributed by atoms with Crippen molar-refractivity contribution in [3.8, 4) is 0 Å². The van der Waals surface area contributed by atoms with E-state index in [1.54, 1.807) is 4.90 Å². The summed E-state index contributed by atoms with van der Waals surface area (Å²) in [5, 5.41) is 2.79. The topological polar surface area (TPSA) is 49.4 Å². The monoisotopic (exact) mass is 274 g/mol. The van der Waals surface area contributed by atoms with Gasteiger partial charge in [0, 0.05) is 5.69 Å². The van der Waals surface area contributed by atoms with Crippen LogP contribution in [0.4, 0.5) is 5.69 Å². The number of aryl methyl sites for hydroxylation is 2. The van der Waals surface area contributed by atoms with Gasteiger partial charge in [0.1, 0.15) is 12.6 Å². The standard InChI is InChI=1S/C16H22N2O2/c1-10(2)7-14-16(20)18(9-15(19)17-14)13-6-5-11(3)12(4)8-13/h5-6,8,10,14H,7,9H2,1-4H3,(H,17,19). The Morgan fingerprint density at radius 1 is 1.25 bits per heavy atom. The van der Waals surface area contributed by atoms with Crippen molar-refractivity contribution in [1.29, 1.82) is 0 Å². The molecule has 0 spiro atoms. The molecule has 2 amide bonds. The van der Waals surface area contributed by atoms with Crippen LogP contribution >= 0.6 is 0 Å². The van der Waals surface area contributed by atoms with Gasteiger partial charge in [-0.2, -0.15) is 0 Å². The van der Waals surface area contributed by atoms with Crippen molar-refractivity contribution in [3.63, 3.8) is 0 Å². The molecule has 2 rings (SSSR count). The van der Waals surface area contributed by atoms with E-state index in [0.717, 1.165) is 11.3 Å². The number of carbonyl (C=O) groups is 2. The summed E-state index contributed by atoms with van der Waals surface area (Å²) in [5.74, 6) is 0.263. The second-order valence-electron chi connectivity index (χ2n) is 5.94. The van der Waals surface area contributed by atoms with Gasteiger partial charge in [-0.25, -0.2) is 0 Å². The van der Waals surface area contributed by atoms with Crippen molar-refractivity contribution >= 4 is 17.5 Å². The van der Waals surface area contributed by atoms with Gasteiger partial charge in [-0.1, -0.05) is 19.9 Å². The number of carbonyl (C=O) groups excluding carboxylic acids is 2. The average Bonchev–Trinajstić information content (AvgIpc) is 2.36. The van der Waals surface area contributed by atoms with E-state index in [1.807, 2.05) is 32.0 Å². The smallest absolute Gasteiger partial charge is 0.250 e. The van der Waals surface area contributed by atoms with Crippen molar-refractivity contribution in [2.24, 2.45) is 5.92 Å². The Morgan fingerprint density at radius 2 is 1.95 bits per heavy atom. The van der Waals surface area contributed by atoms with Crippen LogP contribution in [0, 0.1) is 19.8 Å². The summed E-state index contributed by atoms with van der Waals surface area (Å²) >= 11 is 0. The first-order valence-corrected chi connectivity index (χ1v) is 7.06. The van der Waals surface area contributed by atoms with Gasteiger partial charge >= 0.3 is 0 Å². The van der Waals surface area contributed by atoms with E-state index in [9.17, 15) is 9.59 Å². The highest BCUT2D eigenvalue weighted by Crippen LogP contribution is 2.22. The van der Waals surface area contributed by atoms with Crippen LogP contribution in [0.15, 0.2) is 18.2 Å². The molecule has 4 nitrogen and oxygen atoms in total.